The second-order valence-corrected chi connectivity index (χ2v) is 20.0. The van der Waals surface area contributed by atoms with Crippen LogP contribution in [0.2, 0.25) is 5.02 Å². The minimum absolute atomic E-state index is 0.209. The van der Waals surface area contributed by atoms with Gasteiger partial charge in [-0.05, 0) is 99.4 Å². The van der Waals surface area contributed by atoms with E-state index in [1.807, 2.05) is 24.3 Å². The van der Waals surface area contributed by atoms with E-state index in [0.29, 0.717) is 59.7 Å². The van der Waals surface area contributed by atoms with Crippen molar-refractivity contribution in [3.05, 3.63) is 88.6 Å². The third-order valence-electron chi connectivity index (χ3n) is 13.7. The molecule has 64 heavy (non-hydrogen) atoms. The molecular weight excluding hydrogens is 862 g/mol. The van der Waals surface area contributed by atoms with Gasteiger partial charge in [0.1, 0.15) is 16.7 Å². The number of fused-ring (bicyclic) bond motifs is 1. The summed E-state index contributed by atoms with van der Waals surface area (Å²) in [6.45, 7) is 8.93. The van der Waals surface area contributed by atoms with Crippen molar-refractivity contribution in [3.8, 4) is 0 Å². The number of nitrogens with one attached hydrogen (secondary N) is 3. The number of aromatic nitrogens is 2. The molecule has 18 heteroatoms. The Balaban J connectivity index is 0.705. The van der Waals surface area contributed by atoms with Crippen LogP contribution in [0.5, 0.6) is 0 Å². The molecule has 5 aliphatic heterocycles. The van der Waals surface area contributed by atoms with Crippen LogP contribution in [0.4, 0.5) is 49.0 Å². The third-order valence-corrected chi connectivity index (χ3v) is 15.2. The van der Waals surface area contributed by atoms with Crippen LogP contribution >= 0.6 is 11.6 Å². The summed E-state index contributed by atoms with van der Waals surface area (Å²) in [6.07, 6.45) is 9.04. The zero-order valence-corrected chi connectivity index (χ0v) is 37.6. The normalized spacial score (nSPS) is 20.7. The first-order chi connectivity index (χ1) is 30.9. The molecule has 4 aromatic rings. The van der Waals surface area contributed by atoms with E-state index in [-0.39, 0.29) is 40.8 Å². The van der Waals surface area contributed by atoms with Gasteiger partial charge >= 0.3 is 0 Å². The van der Waals surface area contributed by atoms with Gasteiger partial charge in [-0.2, -0.15) is 4.98 Å². The summed E-state index contributed by atoms with van der Waals surface area (Å²) >= 11 is 6.47. The Morgan fingerprint density at radius 2 is 1.59 bits per heavy atom. The monoisotopic (exact) mass is 916 g/mol. The van der Waals surface area contributed by atoms with Crippen molar-refractivity contribution in [1.29, 1.82) is 0 Å². The molecule has 6 heterocycles. The molecule has 1 atom stereocenters. The number of carbonyl (C=O) groups excluding carboxylic acids is 2. The Labute approximate surface area is 378 Å². The average Bonchev–Trinajstić information content (AvgIpc) is 3.74. The SMILES string of the molecule is CS(=O)(=O)N1CCc2cccc(Nc3nc(Nc4ccc(N5CCC(N6CCN(CCC7CCN(c8ccc(C9CCC(=O)NC9=O)c(F)c8)CC7)CC6)CC5)c(F)c4)ncc3Cl)c21. The van der Waals surface area contributed by atoms with Gasteiger partial charge in [-0.3, -0.25) is 24.1 Å². The largest absolute Gasteiger partial charge is 0.371 e. The van der Waals surface area contributed by atoms with Gasteiger partial charge in [0.05, 0.1) is 35.4 Å². The lowest BCUT2D eigenvalue weighted by Gasteiger charge is -2.43. The highest BCUT2D eigenvalue weighted by Crippen LogP contribution is 2.40. The number of para-hydroxylation sites is 1. The Morgan fingerprint density at radius 1 is 0.828 bits per heavy atom. The van der Waals surface area contributed by atoms with Crippen LogP contribution in [-0.2, 0) is 26.0 Å². The number of imide groups is 1. The molecule has 9 rings (SSSR count). The molecule has 340 valence electrons. The number of anilines is 7. The number of rotatable bonds is 12. The number of sulfonamides is 1. The topological polar surface area (TPSA) is 146 Å². The van der Waals surface area contributed by atoms with E-state index < -0.39 is 21.8 Å². The Kier molecular flexibility index (Phi) is 12.9. The Hall–Kier alpha value is -5.10. The van der Waals surface area contributed by atoms with E-state index in [1.165, 1.54) is 22.8 Å². The van der Waals surface area contributed by atoms with Crippen LogP contribution in [-0.4, -0.2) is 118 Å². The van der Waals surface area contributed by atoms with Gasteiger partial charge in [-0.15, -0.1) is 0 Å². The van der Waals surface area contributed by atoms with E-state index in [2.05, 4.69) is 45.5 Å². The average molecular weight is 918 g/mol. The molecule has 1 unspecified atom stereocenters. The number of halogens is 3. The lowest BCUT2D eigenvalue weighted by atomic mass is 9.89. The van der Waals surface area contributed by atoms with Gasteiger partial charge < -0.3 is 25.3 Å². The molecule has 5 aliphatic rings. The summed E-state index contributed by atoms with van der Waals surface area (Å²) in [5.74, 6) is -0.920. The predicted molar refractivity (Wildman–Crippen MR) is 247 cm³/mol. The molecule has 0 aliphatic carbocycles. The zero-order chi connectivity index (χ0) is 44.5. The molecule has 14 nitrogen and oxygen atoms in total. The van der Waals surface area contributed by atoms with E-state index >= 15 is 8.78 Å². The fourth-order valence-electron chi connectivity index (χ4n) is 10.1. The summed E-state index contributed by atoms with van der Waals surface area (Å²) in [6, 6.07) is 16.3. The summed E-state index contributed by atoms with van der Waals surface area (Å²) in [5, 5.41) is 8.86. The Bertz CT molecular complexity index is 2490. The molecule has 2 amide bonds. The summed E-state index contributed by atoms with van der Waals surface area (Å²) in [5.41, 5.74) is 4.31. The van der Waals surface area contributed by atoms with Gasteiger partial charge in [0.25, 0.3) is 0 Å². The van der Waals surface area contributed by atoms with Crippen molar-refractivity contribution in [1.82, 2.24) is 25.1 Å². The second kappa shape index (κ2) is 18.8. The molecule has 4 fully saturated rings. The van der Waals surface area contributed by atoms with Crippen LogP contribution in [0.15, 0.2) is 60.8 Å². The minimum atomic E-state index is -3.48. The maximum absolute atomic E-state index is 15.7. The van der Waals surface area contributed by atoms with Gasteiger partial charge in [-0.1, -0.05) is 29.8 Å². The highest BCUT2D eigenvalue weighted by Gasteiger charge is 2.33. The van der Waals surface area contributed by atoms with Gasteiger partial charge in [-0.25, -0.2) is 22.2 Å². The number of amides is 2. The van der Waals surface area contributed by atoms with Gasteiger partial charge in [0.15, 0.2) is 5.82 Å². The van der Waals surface area contributed by atoms with Crippen molar-refractivity contribution >= 4 is 73.6 Å². The van der Waals surface area contributed by atoms with Crippen molar-refractivity contribution in [3.63, 3.8) is 0 Å². The maximum Gasteiger partial charge on any atom is 0.234 e. The second-order valence-electron chi connectivity index (χ2n) is 17.7. The van der Waals surface area contributed by atoms with Crippen LogP contribution in [0.3, 0.4) is 0 Å². The summed E-state index contributed by atoms with van der Waals surface area (Å²) in [4.78, 5) is 42.2. The number of benzene rings is 3. The highest BCUT2D eigenvalue weighted by atomic mass is 35.5. The van der Waals surface area contributed by atoms with Crippen LogP contribution in [0.1, 0.15) is 62.0 Å². The third kappa shape index (κ3) is 9.77. The molecule has 0 radical (unpaired) electrons. The maximum atomic E-state index is 15.7. The molecular formula is C46H55ClF2N10O4S. The van der Waals surface area contributed by atoms with Crippen molar-refractivity contribution in [2.45, 2.75) is 63.3 Å². The highest BCUT2D eigenvalue weighted by molar-refractivity contribution is 7.92. The Morgan fingerprint density at radius 3 is 2.31 bits per heavy atom. The first-order valence-corrected chi connectivity index (χ1v) is 24.6. The summed E-state index contributed by atoms with van der Waals surface area (Å²) < 4.78 is 57.2. The first-order valence-electron chi connectivity index (χ1n) is 22.4. The van der Waals surface area contributed by atoms with Gasteiger partial charge in [0.2, 0.25) is 27.8 Å². The quantitative estimate of drug-likeness (QED) is 0.131. The number of piperazine rings is 1. The molecule has 0 spiro atoms. The number of carbonyl (C=O) groups is 2. The standard InChI is InChI=1S/C46H55ClF2N10O4S/c1-64(62,63)59-22-14-31-3-2-4-40(43(31)59)52-44-37(47)29-50-46(54-44)51-32-5-9-41(39(49)27-32)58-20-15-33(16-21-58)57-25-23-55(24-26-57)17-11-30-12-18-56(19-13-30)34-6-7-35(38(48)28-34)36-8-10-42(60)53-45(36)61/h2-7,9,27-30,33,36H,8,10-26H2,1H3,(H,53,60,61)(H2,50,51,52,54). The van der Waals surface area contributed by atoms with Gasteiger partial charge in [0, 0.05) is 88.3 Å². The summed E-state index contributed by atoms with van der Waals surface area (Å²) in [7, 11) is -3.48. The lowest BCUT2D eigenvalue weighted by molar-refractivity contribution is -0.134. The lowest BCUT2D eigenvalue weighted by Crippen LogP contribution is -2.53. The van der Waals surface area contributed by atoms with E-state index in [9.17, 15) is 18.0 Å². The van der Waals surface area contributed by atoms with Crippen LogP contribution in [0.25, 0.3) is 0 Å². The van der Waals surface area contributed by atoms with Crippen molar-refractivity contribution < 1.29 is 26.8 Å². The molecule has 3 N–H and O–H groups in total. The molecule has 1 aromatic heterocycles. The number of nitrogens with zero attached hydrogens (tertiary/aromatic N) is 7. The predicted octanol–water partition coefficient (Wildman–Crippen LogP) is 6.63. The van der Waals surface area contributed by atoms with Crippen molar-refractivity contribution in [2.24, 2.45) is 5.92 Å². The molecule has 3 aromatic carbocycles. The first kappa shape index (κ1) is 44.1. The van der Waals surface area contributed by atoms with Crippen LogP contribution < -0.4 is 30.1 Å². The number of piperidine rings is 3. The number of hydrogen-bond acceptors (Lipinski definition) is 12. The van der Waals surface area contributed by atoms with Crippen LogP contribution in [0, 0.1) is 17.6 Å². The minimum Gasteiger partial charge on any atom is -0.371 e. The smallest absolute Gasteiger partial charge is 0.234 e. The molecule has 0 bridgehead atoms. The van der Waals surface area contributed by atoms with Crippen molar-refractivity contribution in [2.75, 3.05) is 96.4 Å². The molecule has 4 saturated heterocycles. The fraction of sp³-hybridized carbons (Fsp3) is 0.478. The fourth-order valence-corrected chi connectivity index (χ4v) is 11.2. The molecule has 0 saturated carbocycles. The van der Waals surface area contributed by atoms with E-state index in [4.69, 9.17) is 11.6 Å². The van der Waals surface area contributed by atoms with E-state index in [0.717, 1.165) is 102 Å². The zero-order valence-electron chi connectivity index (χ0n) is 36.0. The number of hydrogen-bond donors (Lipinski definition) is 3. The van der Waals surface area contributed by atoms with E-state index in [1.54, 1.807) is 24.3 Å².